The number of anilines is 1. The topological polar surface area (TPSA) is 106 Å². The van der Waals surface area contributed by atoms with Crippen molar-refractivity contribution in [3.05, 3.63) is 17.7 Å². The van der Waals surface area contributed by atoms with Gasteiger partial charge in [0.2, 0.25) is 0 Å². The highest BCUT2D eigenvalue weighted by Gasteiger charge is 2.28. The van der Waals surface area contributed by atoms with Crippen LogP contribution in [-0.4, -0.2) is 74.1 Å². The van der Waals surface area contributed by atoms with Crippen LogP contribution in [-0.2, 0) is 4.74 Å². The van der Waals surface area contributed by atoms with Gasteiger partial charge in [0, 0.05) is 50.3 Å². The van der Waals surface area contributed by atoms with Gasteiger partial charge >= 0.3 is 0 Å². The molecule has 0 radical (unpaired) electrons. The Bertz CT molecular complexity index is 712. The molecule has 0 aliphatic carbocycles. The zero-order valence-corrected chi connectivity index (χ0v) is 18.1. The number of piperidine rings is 1. The van der Waals surface area contributed by atoms with Gasteiger partial charge in [0.1, 0.15) is 0 Å². The van der Waals surface area contributed by atoms with Crippen LogP contribution >= 0.6 is 0 Å². The molecule has 1 aromatic rings. The van der Waals surface area contributed by atoms with Gasteiger partial charge in [0.05, 0.1) is 31.0 Å². The Morgan fingerprint density at radius 2 is 2.17 bits per heavy atom. The second kappa shape index (κ2) is 10.8. The van der Waals surface area contributed by atoms with E-state index < -0.39 is 6.10 Å². The molecule has 0 aromatic heterocycles. The molecule has 4 N–H and O–H groups in total. The van der Waals surface area contributed by atoms with Crippen LogP contribution < -0.4 is 20.5 Å². The van der Waals surface area contributed by atoms with E-state index in [0.717, 1.165) is 39.0 Å². The standard InChI is InChI=1S/C22H35N3O5/c1-15(2)28-8-3-6-25-7-5-16(19(26)14-25)13-24-22(27)18-11-17(23)12-20-21(18)30-10-4-9-29-20/h11-12,15-16,19,26H,3-10,13-14,23H2,1-2H3,(H,24,27)/t16-,19?/m0/s1. The third-order valence-electron chi connectivity index (χ3n) is 5.51. The van der Waals surface area contributed by atoms with Gasteiger partial charge in [-0.3, -0.25) is 4.79 Å². The van der Waals surface area contributed by atoms with Crippen LogP contribution in [0, 0.1) is 5.92 Å². The lowest BCUT2D eigenvalue weighted by Gasteiger charge is -2.36. The minimum atomic E-state index is -0.470. The molecule has 0 saturated carbocycles. The molecule has 1 saturated heterocycles. The quantitative estimate of drug-likeness (QED) is 0.433. The molecule has 1 fully saturated rings. The molecule has 1 unspecified atom stereocenters. The molecule has 2 atom stereocenters. The maximum absolute atomic E-state index is 12.8. The average molecular weight is 422 g/mol. The minimum absolute atomic E-state index is 0.0222. The Balaban J connectivity index is 1.49. The number of nitrogen functional groups attached to an aromatic ring is 1. The lowest BCUT2D eigenvalue weighted by atomic mass is 9.93. The van der Waals surface area contributed by atoms with Crippen LogP contribution in [0.1, 0.15) is 43.5 Å². The Morgan fingerprint density at radius 3 is 2.93 bits per heavy atom. The molecule has 2 heterocycles. The number of amides is 1. The first-order valence-electron chi connectivity index (χ1n) is 10.9. The zero-order valence-electron chi connectivity index (χ0n) is 18.1. The van der Waals surface area contributed by atoms with Crippen LogP contribution in [0.5, 0.6) is 11.5 Å². The molecule has 2 aliphatic heterocycles. The summed E-state index contributed by atoms with van der Waals surface area (Å²) in [5.41, 5.74) is 6.78. The molecule has 2 aliphatic rings. The van der Waals surface area contributed by atoms with Gasteiger partial charge < -0.3 is 35.3 Å². The van der Waals surface area contributed by atoms with Crippen molar-refractivity contribution in [2.24, 2.45) is 5.92 Å². The van der Waals surface area contributed by atoms with E-state index in [0.29, 0.717) is 49.1 Å². The van der Waals surface area contributed by atoms with Gasteiger partial charge in [0.25, 0.3) is 5.91 Å². The summed E-state index contributed by atoms with van der Waals surface area (Å²) in [6.07, 6.45) is 2.32. The van der Waals surface area contributed by atoms with Crippen molar-refractivity contribution in [2.75, 3.05) is 51.7 Å². The molecule has 8 nitrogen and oxygen atoms in total. The fraction of sp³-hybridized carbons (Fsp3) is 0.682. The maximum Gasteiger partial charge on any atom is 0.255 e. The molecular weight excluding hydrogens is 386 g/mol. The lowest BCUT2D eigenvalue weighted by molar-refractivity contribution is 0.0145. The lowest BCUT2D eigenvalue weighted by Crippen LogP contribution is -2.48. The molecule has 168 valence electrons. The second-order valence-electron chi connectivity index (χ2n) is 8.35. The van der Waals surface area contributed by atoms with E-state index in [2.05, 4.69) is 10.2 Å². The first kappa shape index (κ1) is 22.7. The van der Waals surface area contributed by atoms with Gasteiger partial charge in [0.15, 0.2) is 11.5 Å². The number of benzene rings is 1. The number of nitrogens with two attached hydrogens (primary N) is 1. The van der Waals surface area contributed by atoms with E-state index in [1.165, 1.54) is 0 Å². The number of hydrogen-bond donors (Lipinski definition) is 3. The van der Waals surface area contributed by atoms with Crippen LogP contribution in [0.3, 0.4) is 0 Å². The van der Waals surface area contributed by atoms with Gasteiger partial charge in [-0.25, -0.2) is 0 Å². The van der Waals surface area contributed by atoms with E-state index >= 15 is 0 Å². The number of nitrogens with one attached hydrogen (secondary N) is 1. The molecule has 30 heavy (non-hydrogen) atoms. The predicted molar refractivity (Wildman–Crippen MR) is 115 cm³/mol. The van der Waals surface area contributed by atoms with Crippen LogP contribution in [0.2, 0.25) is 0 Å². The van der Waals surface area contributed by atoms with E-state index in [1.54, 1.807) is 12.1 Å². The number of aliphatic hydroxyl groups excluding tert-OH is 1. The summed E-state index contributed by atoms with van der Waals surface area (Å²) < 4.78 is 17.0. The molecule has 3 rings (SSSR count). The van der Waals surface area contributed by atoms with Crippen molar-refractivity contribution in [2.45, 2.75) is 45.3 Å². The molecule has 0 bridgehead atoms. The number of hydrogen-bond acceptors (Lipinski definition) is 7. The summed E-state index contributed by atoms with van der Waals surface area (Å²) in [6.45, 7) is 8.68. The first-order chi connectivity index (χ1) is 14.4. The number of carbonyl (C=O) groups is 1. The molecule has 8 heteroatoms. The number of β-amino-alcohol motifs (C(OH)–C–C–N with tert-alkyl or cyclic N) is 1. The monoisotopic (exact) mass is 421 g/mol. The second-order valence-corrected chi connectivity index (χ2v) is 8.35. The van der Waals surface area contributed by atoms with Crippen molar-refractivity contribution >= 4 is 11.6 Å². The van der Waals surface area contributed by atoms with Crippen LogP contribution in [0.15, 0.2) is 12.1 Å². The SMILES string of the molecule is CC(C)OCCCN1CC[C@@H](CNC(=O)c2cc(N)cc3c2OCCCO3)C(O)C1. The van der Waals surface area contributed by atoms with Gasteiger partial charge in [-0.15, -0.1) is 0 Å². The summed E-state index contributed by atoms with van der Waals surface area (Å²) in [6, 6.07) is 3.30. The first-order valence-corrected chi connectivity index (χ1v) is 10.9. The van der Waals surface area contributed by atoms with Gasteiger partial charge in [-0.2, -0.15) is 0 Å². The summed E-state index contributed by atoms with van der Waals surface area (Å²) in [4.78, 5) is 15.1. The maximum atomic E-state index is 12.8. The predicted octanol–water partition coefficient (Wildman–Crippen LogP) is 1.66. The average Bonchev–Trinajstić information content (AvgIpc) is 2.95. The summed E-state index contributed by atoms with van der Waals surface area (Å²) >= 11 is 0. The van der Waals surface area contributed by atoms with E-state index in [-0.39, 0.29) is 17.9 Å². The van der Waals surface area contributed by atoms with Crippen molar-refractivity contribution in [1.29, 1.82) is 0 Å². The van der Waals surface area contributed by atoms with Crippen molar-refractivity contribution < 1.29 is 24.1 Å². The number of likely N-dealkylation sites (tertiary alicyclic amines) is 1. The third-order valence-corrected chi connectivity index (χ3v) is 5.51. The van der Waals surface area contributed by atoms with Crippen molar-refractivity contribution in [3.63, 3.8) is 0 Å². The number of fused-ring (bicyclic) bond motifs is 1. The summed E-state index contributed by atoms with van der Waals surface area (Å²) in [5, 5.41) is 13.5. The van der Waals surface area contributed by atoms with E-state index in [1.807, 2.05) is 13.8 Å². The van der Waals surface area contributed by atoms with Gasteiger partial charge in [-0.05, 0) is 39.3 Å². The minimum Gasteiger partial charge on any atom is -0.489 e. The Labute approximate surface area is 178 Å². The third kappa shape index (κ3) is 6.23. The normalized spacial score (nSPS) is 22.0. The van der Waals surface area contributed by atoms with Crippen molar-refractivity contribution in [3.8, 4) is 11.5 Å². The van der Waals surface area contributed by atoms with Gasteiger partial charge in [-0.1, -0.05) is 0 Å². The largest absolute Gasteiger partial charge is 0.489 e. The Kier molecular flexibility index (Phi) is 8.18. The summed E-state index contributed by atoms with van der Waals surface area (Å²) in [7, 11) is 0. The van der Waals surface area contributed by atoms with Crippen LogP contribution in [0.25, 0.3) is 0 Å². The Hall–Kier alpha value is -2.03. The molecule has 1 aromatic carbocycles. The Morgan fingerprint density at radius 1 is 1.37 bits per heavy atom. The summed E-state index contributed by atoms with van der Waals surface area (Å²) in [5.74, 6) is 0.712. The molecule has 0 spiro atoms. The number of ether oxygens (including phenoxy) is 3. The van der Waals surface area contributed by atoms with Crippen LogP contribution in [0.4, 0.5) is 5.69 Å². The van der Waals surface area contributed by atoms with Crippen molar-refractivity contribution in [1.82, 2.24) is 10.2 Å². The zero-order chi connectivity index (χ0) is 21.5. The smallest absolute Gasteiger partial charge is 0.255 e. The molecular formula is C22H35N3O5. The highest BCUT2D eigenvalue weighted by atomic mass is 16.5. The molecule has 1 amide bonds. The number of nitrogens with zero attached hydrogens (tertiary/aromatic N) is 1. The number of carbonyl (C=O) groups excluding carboxylic acids is 1. The number of aliphatic hydroxyl groups is 1. The number of rotatable bonds is 8. The fourth-order valence-corrected chi connectivity index (χ4v) is 3.88. The highest BCUT2D eigenvalue weighted by Crippen LogP contribution is 2.35. The van der Waals surface area contributed by atoms with E-state index in [9.17, 15) is 9.90 Å². The van der Waals surface area contributed by atoms with E-state index in [4.69, 9.17) is 19.9 Å². The fourth-order valence-electron chi connectivity index (χ4n) is 3.88. The highest BCUT2D eigenvalue weighted by molar-refractivity contribution is 5.98.